The van der Waals surface area contributed by atoms with E-state index in [1.807, 2.05) is 12.1 Å². The summed E-state index contributed by atoms with van der Waals surface area (Å²) in [4.78, 5) is 2.43. The van der Waals surface area contributed by atoms with E-state index in [2.05, 4.69) is 230 Å². The Kier molecular flexibility index (Phi) is 8.33. The van der Waals surface area contributed by atoms with E-state index in [0.29, 0.717) is 0 Å². The second kappa shape index (κ2) is 14.4. The highest BCUT2D eigenvalue weighted by Gasteiger charge is 2.40. The summed E-state index contributed by atoms with van der Waals surface area (Å²) in [6, 6.07) is 83.9. The minimum absolute atomic E-state index is 0.301. The molecule has 12 rings (SSSR count). The van der Waals surface area contributed by atoms with Crippen LogP contribution in [0.4, 0.5) is 17.1 Å². The SMILES string of the molecule is CC1(c2ccccc2)c2ccccc2-c2ccc(-c3ccccc3N(c3ccc(-c4cccc5ccccc45)cc3)c3cccc(-c4ccc5oc6ccccc6c5c4)c3)cc21. The molecule has 11 aromatic rings. The van der Waals surface area contributed by atoms with E-state index in [1.165, 1.54) is 55.3 Å². The van der Waals surface area contributed by atoms with Gasteiger partial charge in [-0.25, -0.2) is 0 Å². The van der Waals surface area contributed by atoms with Crippen molar-refractivity contribution in [3.63, 3.8) is 0 Å². The number of anilines is 3. The standard InChI is InChI=1S/C60H41NO/c1-60(45-18-3-2-4-19-45)55-26-10-7-23-51(55)52-35-31-44(39-56(52)60)50-22-8-11-27-57(50)61(46-33-29-41(30-34-46)49-25-14-16-40-15-5-6-21-48(40)49)47-20-13-17-42(37-47)43-32-36-59-54(38-43)53-24-9-12-28-58(53)62-59/h2-39H,1H3. The molecule has 0 saturated carbocycles. The van der Waals surface area contributed by atoms with Gasteiger partial charge < -0.3 is 9.32 Å². The molecular formula is C60H41NO. The molecule has 0 amide bonds. The Hall–Kier alpha value is -7.94. The first-order chi connectivity index (χ1) is 30.6. The van der Waals surface area contributed by atoms with Crippen molar-refractivity contribution in [1.82, 2.24) is 0 Å². The Bertz CT molecular complexity index is 3480. The number of hydrogen-bond donors (Lipinski definition) is 0. The number of rotatable bonds is 7. The lowest BCUT2D eigenvalue weighted by Crippen LogP contribution is -2.22. The average molecular weight is 792 g/mol. The number of nitrogens with zero attached hydrogens (tertiary/aromatic N) is 1. The van der Waals surface area contributed by atoms with Crippen LogP contribution in [-0.2, 0) is 5.41 Å². The van der Waals surface area contributed by atoms with Crippen LogP contribution < -0.4 is 4.90 Å². The maximum absolute atomic E-state index is 6.22. The lowest BCUT2D eigenvalue weighted by Gasteiger charge is -2.30. The van der Waals surface area contributed by atoms with Gasteiger partial charge in [-0.3, -0.25) is 0 Å². The Morgan fingerprint density at radius 3 is 1.87 bits per heavy atom. The maximum Gasteiger partial charge on any atom is 0.135 e. The van der Waals surface area contributed by atoms with Gasteiger partial charge in [0.1, 0.15) is 11.2 Å². The molecule has 0 N–H and O–H groups in total. The van der Waals surface area contributed by atoms with Gasteiger partial charge in [0, 0.05) is 33.1 Å². The van der Waals surface area contributed by atoms with Gasteiger partial charge in [-0.05, 0) is 128 Å². The van der Waals surface area contributed by atoms with Crippen LogP contribution in [0, 0.1) is 0 Å². The molecule has 1 aliphatic carbocycles. The number of hydrogen-bond acceptors (Lipinski definition) is 2. The summed E-state index contributed by atoms with van der Waals surface area (Å²) in [6.45, 7) is 2.39. The fraction of sp³-hybridized carbons (Fsp3) is 0.0333. The molecule has 1 aliphatic rings. The second-order valence-corrected chi connectivity index (χ2v) is 16.6. The molecule has 1 heterocycles. The van der Waals surface area contributed by atoms with Crippen molar-refractivity contribution in [3.8, 4) is 44.5 Å². The summed E-state index contributed by atoms with van der Waals surface area (Å²) < 4.78 is 6.22. The number of para-hydroxylation sites is 2. The largest absolute Gasteiger partial charge is 0.456 e. The van der Waals surface area contributed by atoms with E-state index >= 15 is 0 Å². The minimum Gasteiger partial charge on any atom is -0.456 e. The molecule has 62 heavy (non-hydrogen) atoms. The molecule has 0 fully saturated rings. The summed E-state index contributed by atoms with van der Waals surface area (Å²) in [6.07, 6.45) is 0. The number of fused-ring (bicyclic) bond motifs is 7. The molecule has 10 aromatic carbocycles. The van der Waals surface area contributed by atoms with Crippen LogP contribution in [0.25, 0.3) is 77.2 Å². The van der Waals surface area contributed by atoms with Crippen LogP contribution in [0.5, 0.6) is 0 Å². The van der Waals surface area contributed by atoms with E-state index in [1.54, 1.807) is 0 Å². The summed E-state index contributed by atoms with van der Waals surface area (Å²) in [7, 11) is 0. The van der Waals surface area contributed by atoms with Gasteiger partial charge in [0.25, 0.3) is 0 Å². The van der Waals surface area contributed by atoms with Crippen LogP contribution in [0.3, 0.4) is 0 Å². The lowest BCUT2D eigenvalue weighted by molar-refractivity contribution is 0.669. The van der Waals surface area contributed by atoms with Gasteiger partial charge >= 0.3 is 0 Å². The topological polar surface area (TPSA) is 16.4 Å². The molecule has 0 radical (unpaired) electrons. The number of benzene rings is 10. The first kappa shape index (κ1) is 36.0. The Morgan fingerprint density at radius 2 is 0.984 bits per heavy atom. The highest BCUT2D eigenvalue weighted by molar-refractivity contribution is 6.06. The molecule has 1 unspecified atom stereocenters. The average Bonchev–Trinajstić information content (AvgIpc) is 3.84. The third kappa shape index (κ3) is 5.72. The quantitative estimate of drug-likeness (QED) is 0.160. The molecule has 0 spiro atoms. The van der Waals surface area contributed by atoms with Crippen LogP contribution in [0.2, 0.25) is 0 Å². The van der Waals surface area contributed by atoms with Gasteiger partial charge in [0.05, 0.1) is 5.69 Å². The number of furan rings is 1. The normalized spacial score (nSPS) is 14.3. The van der Waals surface area contributed by atoms with E-state index in [-0.39, 0.29) is 5.41 Å². The summed E-state index contributed by atoms with van der Waals surface area (Å²) >= 11 is 0. The Balaban J connectivity index is 1.03. The van der Waals surface area contributed by atoms with Crippen molar-refractivity contribution in [2.45, 2.75) is 12.3 Å². The molecule has 0 saturated heterocycles. The van der Waals surface area contributed by atoms with E-state index in [4.69, 9.17) is 4.42 Å². The predicted octanol–water partition coefficient (Wildman–Crippen LogP) is 16.5. The van der Waals surface area contributed by atoms with Crippen molar-refractivity contribution in [3.05, 3.63) is 247 Å². The molecular weight excluding hydrogens is 751 g/mol. The van der Waals surface area contributed by atoms with Crippen LogP contribution in [0.1, 0.15) is 23.6 Å². The monoisotopic (exact) mass is 791 g/mol. The van der Waals surface area contributed by atoms with Crippen LogP contribution >= 0.6 is 0 Å². The van der Waals surface area contributed by atoms with Crippen LogP contribution in [0.15, 0.2) is 235 Å². The summed E-state index contributed by atoms with van der Waals surface area (Å²) in [5.74, 6) is 0. The molecule has 0 bridgehead atoms. The van der Waals surface area contributed by atoms with Crippen molar-refractivity contribution < 1.29 is 4.42 Å². The molecule has 1 aromatic heterocycles. The fourth-order valence-corrected chi connectivity index (χ4v) is 10.1. The van der Waals surface area contributed by atoms with Gasteiger partial charge in [-0.15, -0.1) is 0 Å². The first-order valence-electron chi connectivity index (χ1n) is 21.4. The van der Waals surface area contributed by atoms with Crippen molar-refractivity contribution in [2.24, 2.45) is 0 Å². The Morgan fingerprint density at radius 1 is 0.355 bits per heavy atom. The van der Waals surface area contributed by atoms with Crippen molar-refractivity contribution in [2.75, 3.05) is 4.90 Å². The molecule has 1 atom stereocenters. The zero-order chi connectivity index (χ0) is 41.2. The minimum atomic E-state index is -0.301. The maximum atomic E-state index is 6.22. The fourth-order valence-electron chi connectivity index (χ4n) is 10.1. The van der Waals surface area contributed by atoms with Crippen molar-refractivity contribution >= 4 is 49.8 Å². The Labute approximate surface area is 361 Å². The van der Waals surface area contributed by atoms with E-state index in [0.717, 1.165) is 55.7 Å². The second-order valence-electron chi connectivity index (χ2n) is 16.6. The third-order valence-electron chi connectivity index (χ3n) is 13.2. The first-order valence-corrected chi connectivity index (χ1v) is 21.4. The third-order valence-corrected chi connectivity index (χ3v) is 13.2. The van der Waals surface area contributed by atoms with Gasteiger partial charge in [0.2, 0.25) is 0 Å². The predicted molar refractivity (Wildman–Crippen MR) is 260 cm³/mol. The van der Waals surface area contributed by atoms with E-state index in [9.17, 15) is 0 Å². The summed E-state index contributed by atoms with van der Waals surface area (Å²) in [5.41, 5.74) is 18.4. The van der Waals surface area contributed by atoms with Gasteiger partial charge in [-0.2, -0.15) is 0 Å². The zero-order valence-electron chi connectivity index (χ0n) is 34.3. The molecule has 2 heteroatoms. The molecule has 2 nitrogen and oxygen atoms in total. The van der Waals surface area contributed by atoms with E-state index < -0.39 is 0 Å². The smallest absolute Gasteiger partial charge is 0.135 e. The molecule has 292 valence electrons. The van der Waals surface area contributed by atoms with Crippen molar-refractivity contribution in [1.29, 1.82) is 0 Å². The summed E-state index contributed by atoms with van der Waals surface area (Å²) in [5, 5.41) is 4.74. The lowest BCUT2D eigenvalue weighted by atomic mass is 9.74. The highest BCUT2D eigenvalue weighted by Crippen LogP contribution is 2.54. The highest BCUT2D eigenvalue weighted by atomic mass is 16.3. The van der Waals surface area contributed by atoms with Gasteiger partial charge in [0.15, 0.2) is 0 Å². The van der Waals surface area contributed by atoms with Gasteiger partial charge in [-0.1, -0.05) is 176 Å². The van der Waals surface area contributed by atoms with Crippen LogP contribution in [-0.4, -0.2) is 0 Å². The molecule has 0 aliphatic heterocycles. The zero-order valence-corrected chi connectivity index (χ0v) is 34.3.